The van der Waals surface area contributed by atoms with Gasteiger partial charge in [-0.1, -0.05) is 56.3 Å². The van der Waals surface area contributed by atoms with Crippen molar-refractivity contribution in [2.75, 3.05) is 0 Å². The Morgan fingerprint density at radius 1 is 0.909 bits per heavy atom. The second kappa shape index (κ2) is 9.42. The molecule has 4 rings (SSSR count). The fourth-order valence-corrected chi connectivity index (χ4v) is 3.87. The van der Waals surface area contributed by atoms with Crippen molar-refractivity contribution in [1.29, 1.82) is 0 Å². The van der Waals surface area contributed by atoms with E-state index in [0.717, 1.165) is 11.1 Å². The van der Waals surface area contributed by atoms with Crippen LogP contribution >= 0.6 is 0 Å². The van der Waals surface area contributed by atoms with E-state index in [-0.39, 0.29) is 12.3 Å². The predicted octanol–water partition coefficient (Wildman–Crippen LogP) is 3.86. The minimum Gasteiger partial charge on any atom is -0.487 e. The standard InChI is InChI=1S/C26H25NO6/c1-17(2)23(31-21-12-10-19(11-13-21)18-7-4-3-5-8-18)22(28)15-26(20-9-6-14-27-16-20)32-24(29)25(30)33-26/h3-14,16-17,22-23,28H,15H2,1-2H3/t22-,23-/m0/s1. The summed E-state index contributed by atoms with van der Waals surface area (Å²) < 4.78 is 16.7. The summed E-state index contributed by atoms with van der Waals surface area (Å²) in [4.78, 5) is 27.7. The van der Waals surface area contributed by atoms with Crippen LogP contribution in [-0.4, -0.2) is 34.2 Å². The van der Waals surface area contributed by atoms with E-state index in [9.17, 15) is 14.7 Å². The van der Waals surface area contributed by atoms with E-state index in [4.69, 9.17) is 14.2 Å². The van der Waals surface area contributed by atoms with Crippen LogP contribution in [-0.2, 0) is 24.8 Å². The molecule has 2 atom stereocenters. The van der Waals surface area contributed by atoms with Crippen molar-refractivity contribution in [3.05, 3.63) is 84.7 Å². The number of nitrogens with zero attached hydrogens (tertiary/aromatic N) is 1. The number of benzene rings is 2. The number of aliphatic hydroxyl groups is 1. The van der Waals surface area contributed by atoms with E-state index in [0.29, 0.717) is 11.3 Å². The number of ether oxygens (including phenoxy) is 3. The summed E-state index contributed by atoms with van der Waals surface area (Å²) >= 11 is 0. The number of aromatic nitrogens is 1. The molecule has 1 aromatic heterocycles. The molecule has 1 N–H and O–H groups in total. The Kier molecular flexibility index (Phi) is 6.42. The molecule has 170 valence electrons. The van der Waals surface area contributed by atoms with Gasteiger partial charge in [-0.3, -0.25) is 4.98 Å². The zero-order valence-corrected chi connectivity index (χ0v) is 18.4. The molecular weight excluding hydrogens is 422 g/mol. The first-order valence-electron chi connectivity index (χ1n) is 10.7. The summed E-state index contributed by atoms with van der Waals surface area (Å²) in [5, 5.41) is 11.1. The minimum atomic E-state index is -1.75. The molecule has 0 saturated carbocycles. The van der Waals surface area contributed by atoms with E-state index >= 15 is 0 Å². The van der Waals surface area contributed by atoms with Crippen LogP contribution in [0.5, 0.6) is 5.75 Å². The van der Waals surface area contributed by atoms with E-state index in [2.05, 4.69) is 4.98 Å². The third-order valence-electron chi connectivity index (χ3n) is 5.53. The van der Waals surface area contributed by atoms with Crippen LogP contribution < -0.4 is 4.74 Å². The first-order chi connectivity index (χ1) is 15.9. The monoisotopic (exact) mass is 447 g/mol. The summed E-state index contributed by atoms with van der Waals surface area (Å²) in [6.07, 6.45) is 1.02. The highest BCUT2D eigenvalue weighted by molar-refractivity contribution is 6.31. The Bertz CT molecular complexity index is 1080. The third-order valence-corrected chi connectivity index (χ3v) is 5.53. The van der Waals surface area contributed by atoms with Gasteiger partial charge < -0.3 is 19.3 Å². The average Bonchev–Trinajstić information content (AvgIpc) is 3.12. The van der Waals surface area contributed by atoms with Gasteiger partial charge in [0.05, 0.1) is 18.1 Å². The number of hydrogen-bond acceptors (Lipinski definition) is 7. The van der Waals surface area contributed by atoms with E-state index in [1.807, 2.05) is 68.4 Å². The molecule has 2 aromatic carbocycles. The SMILES string of the molecule is CC(C)[C@H](Oc1ccc(-c2ccccc2)cc1)[C@@H](O)CC1(c2cccnc2)OC(=O)C(=O)O1. The number of aliphatic hydroxyl groups excluding tert-OH is 1. The average molecular weight is 447 g/mol. The molecule has 2 heterocycles. The minimum absolute atomic E-state index is 0.0902. The Morgan fingerprint density at radius 3 is 2.12 bits per heavy atom. The second-order valence-corrected chi connectivity index (χ2v) is 8.26. The van der Waals surface area contributed by atoms with Crippen molar-refractivity contribution >= 4 is 11.9 Å². The maximum atomic E-state index is 11.9. The van der Waals surface area contributed by atoms with Gasteiger partial charge in [0.15, 0.2) is 0 Å². The molecule has 1 saturated heterocycles. The number of hydrogen-bond donors (Lipinski definition) is 1. The Balaban J connectivity index is 1.54. The highest BCUT2D eigenvalue weighted by Gasteiger charge is 2.52. The number of carbonyl (C=O) groups is 2. The maximum Gasteiger partial charge on any atom is 0.421 e. The number of pyridine rings is 1. The zero-order valence-electron chi connectivity index (χ0n) is 18.4. The van der Waals surface area contributed by atoms with Crippen molar-refractivity contribution in [2.24, 2.45) is 5.92 Å². The molecule has 0 aliphatic carbocycles. The number of carbonyl (C=O) groups excluding carboxylic acids is 2. The maximum absolute atomic E-state index is 11.9. The van der Waals surface area contributed by atoms with Crippen LogP contribution in [0, 0.1) is 5.92 Å². The van der Waals surface area contributed by atoms with E-state index in [1.54, 1.807) is 18.3 Å². The van der Waals surface area contributed by atoms with Gasteiger partial charge in [0.1, 0.15) is 11.9 Å². The van der Waals surface area contributed by atoms with Gasteiger partial charge in [0.25, 0.3) is 5.79 Å². The summed E-state index contributed by atoms with van der Waals surface area (Å²) in [6, 6.07) is 20.8. The van der Waals surface area contributed by atoms with Crippen LogP contribution in [0.2, 0.25) is 0 Å². The van der Waals surface area contributed by atoms with Crippen molar-refractivity contribution in [3.8, 4) is 16.9 Å². The number of rotatable bonds is 8. The molecular formula is C26H25NO6. The summed E-state index contributed by atoms with van der Waals surface area (Å²) in [6.45, 7) is 3.82. The number of cyclic esters (lactones) is 2. The van der Waals surface area contributed by atoms with Crippen molar-refractivity contribution < 1.29 is 28.9 Å². The lowest BCUT2D eigenvalue weighted by atomic mass is 9.93. The molecule has 3 aromatic rings. The van der Waals surface area contributed by atoms with Crippen LogP contribution in [0.4, 0.5) is 0 Å². The smallest absolute Gasteiger partial charge is 0.421 e. The van der Waals surface area contributed by atoms with Gasteiger partial charge in [-0.15, -0.1) is 0 Å². The number of esters is 2. The second-order valence-electron chi connectivity index (χ2n) is 8.26. The third kappa shape index (κ3) is 4.88. The van der Waals surface area contributed by atoms with Crippen LogP contribution in [0.1, 0.15) is 25.8 Å². The predicted molar refractivity (Wildman–Crippen MR) is 120 cm³/mol. The fraction of sp³-hybridized carbons (Fsp3) is 0.269. The quantitative estimate of drug-likeness (QED) is 0.414. The highest BCUT2D eigenvalue weighted by atomic mass is 16.8. The lowest BCUT2D eigenvalue weighted by Gasteiger charge is -2.33. The first-order valence-corrected chi connectivity index (χ1v) is 10.7. The van der Waals surface area contributed by atoms with Crippen molar-refractivity contribution in [2.45, 2.75) is 38.3 Å². The van der Waals surface area contributed by atoms with Gasteiger partial charge >= 0.3 is 11.9 Å². The molecule has 1 aliphatic rings. The molecule has 7 nitrogen and oxygen atoms in total. The molecule has 1 fully saturated rings. The van der Waals surface area contributed by atoms with Crippen molar-refractivity contribution in [1.82, 2.24) is 4.98 Å². The van der Waals surface area contributed by atoms with Crippen LogP contribution in [0.15, 0.2) is 79.1 Å². The lowest BCUT2D eigenvalue weighted by molar-refractivity contribution is -0.201. The van der Waals surface area contributed by atoms with Gasteiger partial charge in [0, 0.05) is 12.4 Å². The van der Waals surface area contributed by atoms with Crippen LogP contribution in [0.3, 0.4) is 0 Å². The molecule has 1 aliphatic heterocycles. The van der Waals surface area contributed by atoms with E-state index in [1.165, 1.54) is 6.20 Å². The molecule has 33 heavy (non-hydrogen) atoms. The summed E-state index contributed by atoms with van der Waals surface area (Å²) in [7, 11) is 0. The largest absolute Gasteiger partial charge is 0.487 e. The molecule has 0 bridgehead atoms. The lowest BCUT2D eigenvalue weighted by Crippen LogP contribution is -2.42. The van der Waals surface area contributed by atoms with Crippen LogP contribution in [0.25, 0.3) is 11.1 Å². The summed E-state index contributed by atoms with van der Waals surface area (Å²) in [5.41, 5.74) is 2.50. The molecule has 7 heteroatoms. The zero-order chi connectivity index (χ0) is 23.4. The van der Waals surface area contributed by atoms with Crippen molar-refractivity contribution in [3.63, 3.8) is 0 Å². The van der Waals surface area contributed by atoms with Gasteiger partial charge in [0.2, 0.25) is 0 Å². The topological polar surface area (TPSA) is 95.0 Å². The molecule has 0 spiro atoms. The normalized spacial score (nSPS) is 16.7. The Morgan fingerprint density at radius 2 is 1.55 bits per heavy atom. The highest BCUT2D eigenvalue weighted by Crippen LogP contribution is 2.38. The molecule has 0 unspecified atom stereocenters. The van der Waals surface area contributed by atoms with E-state index < -0.39 is 29.9 Å². The molecule has 0 radical (unpaired) electrons. The summed E-state index contributed by atoms with van der Waals surface area (Å²) in [5.74, 6) is -3.47. The first kappa shape index (κ1) is 22.5. The Hall–Kier alpha value is -3.71. The van der Waals surface area contributed by atoms with Gasteiger partial charge in [-0.25, -0.2) is 9.59 Å². The fourth-order valence-electron chi connectivity index (χ4n) is 3.87. The molecule has 0 amide bonds. The van der Waals surface area contributed by atoms with Gasteiger partial charge in [-0.2, -0.15) is 0 Å². The Labute approximate surface area is 192 Å². The van der Waals surface area contributed by atoms with Gasteiger partial charge in [-0.05, 0) is 41.3 Å².